The fourth-order valence-electron chi connectivity index (χ4n) is 3.33. The van der Waals surface area contributed by atoms with Crippen LogP contribution >= 0.6 is 0 Å². The smallest absolute Gasteiger partial charge is 0.367 e. The van der Waals surface area contributed by atoms with Crippen LogP contribution in [0.2, 0.25) is 0 Å². The third-order valence-electron chi connectivity index (χ3n) is 4.65. The van der Waals surface area contributed by atoms with Gasteiger partial charge in [-0.05, 0) is 36.2 Å². The second kappa shape index (κ2) is 6.37. The van der Waals surface area contributed by atoms with Crippen molar-refractivity contribution < 1.29 is 22.7 Å². The average Bonchev–Trinajstić information content (AvgIpc) is 3.25. The van der Waals surface area contributed by atoms with Crippen molar-refractivity contribution in [1.82, 2.24) is 10.3 Å². The molecule has 2 N–H and O–H groups in total. The summed E-state index contributed by atoms with van der Waals surface area (Å²) in [5, 5.41) is 6.03. The number of fused-ring (bicyclic) bond motifs is 2. The van der Waals surface area contributed by atoms with E-state index in [1.165, 1.54) is 0 Å². The Hall–Kier alpha value is -2.45. The lowest BCUT2D eigenvalue weighted by Gasteiger charge is -2.23. The summed E-state index contributed by atoms with van der Waals surface area (Å²) in [6.07, 6.45) is -2.56. The highest BCUT2D eigenvalue weighted by Gasteiger charge is 2.41. The number of carbonyl (C=O) groups excluding carboxylic acids is 1. The van der Waals surface area contributed by atoms with Gasteiger partial charge in [-0.25, -0.2) is 0 Å². The van der Waals surface area contributed by atoms with Crippen molar-refractivity contribution in [3.8, 4) is 0 Å². The molecule has 1 amide bonds. The molecule has 4 rings (SSSR count). The molecular weight excluding hydrogens is 347 g/mol. The molecule has 3 atom stereocenters. The Morgan fingerprint density at radius 1 is 1.19 bits per heavy atom. The number of rotatable bonds is 3. The summed E-state index contributed by atoms with van der Waals surface area (Å²) in [6, 6.07) is 9.45. The van der Waals surface area contributed by atoms with Crippen LogP contribution in [-0.2, 0) is 10.9 Å². The van der Waals surface area contributed by atoms with Crippen LogP contribution in [0.5, 0.6) is 0 Å². The van der Waals surface area contributed by atoms with Crippen LogP contribution in [0, 0.1) is 0 Å². The average molecular weight is 363 g/mol. The number of carbonyl (C=O) groups is 1. The Labute approximate surface area is 147 Å². The molecule has 2 aliphatic rings. The van der Waals surface area contributed by atoms with E-state index < -0.39 is 17.6 Å². The first-order valence-corrected chi connectivity index (χ1v) is 8.23. The number of pyridine rings is 1. The van der Waals surface area contributed by atoms with E-state index in [1.807, 2.05) is 12.1 Å². The van der Waals surface area contributed by atoms with Crippen LogP contribution in [-0.4, -0.2) is 29.6 Å². The molecule has 8 heteroatoms. The summed E-state index contributed by atoms with van der Waals surface area (Å²) < 4.78 is 43.5. The van der Waals surface area contributed by atoms with Gasteiger partial charge in [0, 0.05) is 24.5 Å². The molecule has 2 saturated heterocycles. The summed E-state index contributed by atoms with van der Waals surface area (Å²) >= 11 is 0. The van der Waals surface area contributed by atoms with Crippen LogP contribution < -0.4 is 10.6 Å². The maximum atomic E-state index is 12.5. The molecule has 3 heterocycles. The predicted molar refractivity (Wildman–Crippen MR) is 87.7 cm³/mol. The molecule has 0 saturated carbocycles. The number of aromatic nitrogens is 1. The van der Waals surface area contributed by atoms with Crippen molar-refractivity contribution >= 4 is 11.6 Å². The molecule has 0 spiro atoms. The minimum atomic E-state index is -4.48. The molecule has 26 heavy (non-hydrogen) atoms. The topological polar surface area (TPSA) is 63.2 Å². The van der Waals surface area contributed by atoms with Gasteiger partial charge in [-0.2, -0.15) is 13.2 Å². The molecule has 0 aliphatic carbocycles. The number of hydrogen-bond donors (Lipinski definition) is 2. The lowest BCUT2D eigenvalue weighted by molar-refractivity contribution is -0.137. The minimum Gasteiger partial charge on any atom is -0.367 e. The van der Waals surface area contributed by atoms with E-state index in [2.05, 4.69) is 15.6 Å². The zero-order chi connectivity index (χ0) is 18.3. The number of alkyl halides is 3. The van der Waals surface area contributed by atoms with Crippen LogP contribution in [0.1, 0.15) is 34.1 Å². The monoisotopic (exact) mass is 363 g/mol. The third kappa shape index (κ3) is 3.30. The Kier molecular flexibility index (Phi) is 4.16. The molecule has 2 bridgehead atoms. The maximum Gasteiger partial charge on any atom is 0.417 e. The largest absolute Gasteiger partial charge is 0.417 e. The third-order valence-corrected chi connectivity index (χ3v) is 4.65. The quantitative estimate of drug-likeness (QED) is 0.879. The first kappa shape index (κ1) is 17.0. The Morgan fingerprint density at radius 2 is 1.96 bits per heavy atom. The van der Waals surface area contributed by atoms with Crippen LogP contribution in [0.15, 0.2) is 42.6 Å². The summed E-state index contributed by atoms with van der Waals surface area (Å²) in [6.45, 7) is 0.884. The molecule has 0 radical (unpaired) electrons. The van der Waals surface area contributed by atoms with Crippen molar-refractivity contribution in [2.45, 2.75) is 30.8 Å². The SMILES string of the molecule is O=C(Nc1ccc([C@H]2O[C@@H]3CN[C@H]2C3)cc1)c1ccc(C(F)(F)F)cn1. The molecule has 2 aliphatic heterocycles. The Balaban J connectivity index is 1.41. The molecule has 0 unspecified atom stereocenters. The lowest BCUT2D eigenvalue weighted by atomic mass is 10.0. The highest BCUT2D eigenvalue weighted by molar-refractivity contribution is 6.02. The zero-order valence-corrected chi connectivity index (χ0v) is 13.6. The summed E-state index contributed by atoms with van der Waals surface area (Å²) in [4.78, 5) is 15.7. The van der Waals surface area contributed by atoms with Gasteiger partial charge in [0.2, 0.25) is 0 Å². The summed E-state index contributed by atoms with van der Waals surface area (Å²) in [5.41, 5.74) is 0.590. The maximum absolute atomic E-state index is 12.5. The number of ether oxygens (including phenoxy) is 1. The molecule has 1 aromatic heterocycles. The van der Waals surface area contributed by atoms with E-state index in [0.29, 0.717) is 17.9 Å². The first-order chi connectivity index (χ1) is 12.4. The highest BCUT2D eigenvalue weighted by atomic mass is 19.4. The Morgan fingerprint density at radius 3 is 2.50 bits per heavy atom. The number of anilines is 1. The second-order valence-electron chi connectivity index (χ2n) is 6.44. The van der Waals surface area contributed by atoms with Gasteiger partial charge in [-0.1, -0.05) is 12.1 Å². The number of amides is 1. The van der Waals surface area contributed by atoms with Gasteiger partial charge < -0.3 is 15.4 Å². The van der Waals surface area contributed by atoms with E-state index in [4.69, 9.17) is 4.74 Å². The van der Waals surface area contributed by atoms with Crippen LogP contribution in [0.3, 0.4) is 0 Å². The summed E-state index contributed by atoms with van der Waals surface area (Å²) in [7, 11) is 0. The second-order valence-corrected chi connectivity index (χ2v) is 6.44. The first-order valence-electron chi connectivity index (χ1n) is 8.23. The summed E-state index contributed by atoms with van der Waals surface area (Å²) in [5.74, 6) is -0.565. The van der Waals surface area contributed by atoms with E-state index in [0.717, 1.165) is 30.7 Å². The number of nitrogens with one attached hydrogen (secondary N) is 2. The number of hydrogen-bond acceptors (Lipinski definition) is 4. The Bertz CT molecular complexity index is 806. The predicted octanol–water partition coefficient (Wildman–Crippen LogP) is 3.15. The van der Waals surface area contributed by atoms with Gasteiger partial charge in [0.15, 0.2) is 0 Å². The molecule has 2 fully saturated rings. The van der Waals surface area contributed by atoms with Crippen LogP contribution in [0.4, 0.5) is 18.9 Å². The minimum absolute atomic E-state index is 0.00933. The molecule has 1 aromatic carbocycles. The van der Waals surface area contributed by atoms with Gasteiger partial charge in [0.25, 0.3) is 5.91 Å². The normalized spacial score (nSPS) is 24.7. The number of morpholine rings is 1. The van der Waals surface area contributed by atoms with Crippen molar-refractivity contribution in [2.75, 3.05) is 11.9 Å². The van der Waals surface area contributed by atoms with Gasteiger partial charge in [-0.3, -0.25) is 9.78 Å². The van der Waals surface area contributed by atoms with Crippen molar-refractivity contribution in [1.29, 1.82) is 0 Å². The van der Waals surface area contributed by atoms with Crippen molar-refractivity contribution in [3.05, 3.63) is 59.4 Å². The number of benzene rings is 1. The van der Waals surface area contributed by atoms with Crippen molar-refractivity contribution in [2.24, 2.45) is 0 Å². The lowest BCUT2D eigenvalue weighted by Crippen LogP contribution is -2.33. The van der Waals surface area contributed by atoms with Crippen molar-refractivity contribution in [3.63, 3.8) is 0 Å². The molecule has 136 valence electrons. The standard InChI is InChI=1S/C18H16F3N3O2/c19-18(20,21)11-3-6-14(22-8-11)17(25)24-12-4-1-10(2-5-12)16-15-7-13(26-16)9-23-15/h1-6,8,13,15-16,23H,7,9H2,(H,24,25)/t13-,15-,16+/m0/s1. The van der Waals surface area contributed by atoms with E-state index in [9.17, 15) is 18.0 Å². The van der Waals surface area contributed by atoms with Gasteiger partial charge >= 0.3 is 6.18 Å². The fourth-order valence-corrected chi connectivity index (χ4v) is 3.33. The fraction of sp³-hybridized carbons (Fsp3) is 0.333. The number of halogens is 3. The zero-order valence-electron chi connectivity index (χ0n) is 13.6. The van der Waals surface area contributed by atoms with Gasteiger partial charge in [-0.15, -0.1) is 0 Å². The van der Waals surface area contributed by atoms with E-state index >= 15 is 0 Å². The van der Waals surface area contributed by atoms with Gasteiger partial charge in [0.05, 0.1) is 17.8 Å². The highest BCUT2D eigenvalue weighted by Crippen LogP contribution is 2.37. The van der Waals surface area contributed by atoms with E-state index in [-0.39, 0.29) is 17.9 Å². The molecule has 2 aromatic rings. The van der Waals surface area contributed by atoms with E-state index in [1.54, 1.807) is 12.1 Å². The van der Waals surface area contributed by atoms with Gasteiger partial charge in [0.1, 0.15) is 5.69 Å². The molecule has 5 nitrogen and oxygen atoms in total. The van der Waals surface area contributed by atoms with Crippen LogP contribution in [0.25, 0.3) is 0 Å². The molecular formula is C18H16F3N3O2. The number of nitrogens with zero attached hydrogens (tertiary/aromatic N) is 1.